The second-order valence-corrected chi connectivity index (χ2v) is 6.05. The van der Waals surface area contributed by atoms with E-state index in [1.165, 1.54) is 6.20 Å². The molecule has 0 saturated carbocycles. The van der Waals surface area contributed by atoms with Gasteiger partial charge in [0.2, 0.25) is 5.95 Å². The van der Waals surface area contributed by atoms with Crippen LogP contribution in [0.2, 0.25) is 0 Å². The lowest BCUT2D eigenvalue weighted by molar-refractivity contribution is 0.355. The number of nitrogens with one attached hydrogen (secondary N) is 2. The van der Waals surface area contributed by atoms with Crippen LogP contribution in [0.15, 0.2) is 6.20 Å². The molecular formula is C15H28FN5. The standard InChI is InChI=1S/C15H28FN5/c1-6-7-17-15-18-9-13(16)14(20-15)19-12(8-11(2)3)10-21(4)5/h9,11-12H,6-8,10H2,1-5H3,(H2,17,18,19,20). The van der Waals surface area contributed by atoms with Gasteiger partial charge in [0.25, 0.3) is 0 Å². The molecule has 2 N–H and O–H groups in total. The molecule has 0 aliphatic rings. The van der Waals surface area contributed by atoms with E-state index >= 15 is 0 Å². The van der Waals surface area contributed by atoms with Crippen molar-refractivity contribution in [1.29, 1.82) is 0 Å². The van der Waals surface area contributed by atoms with Crippen LogP contribution in [-0.4, -0.2) is 48.1 Å². The predicted molar refractivity (Wildman–Crippen MR) is 86.2 cm³/mol. The summed E-state index contributed by atoms with van der Waals surface area (Å²) in [6.07, 6.45) is 3.15. The molecule has 1 aromatic heterocycles. The zero-order valence-electron chi connectivity index (χ0n) is 13.8. The van der Waals surface area contributed by atoms with E-state index in [9.17, 15) is 4.39 Å². The molecule has 1 rings (SSSR count). The molecular weight excluding hydrogens is 269 g/mol. The summed E-state index contributed by atoms with van der Waals surface area (Å²) < 4.78 is 13.9. The molecule has 0 bridgehead atoms. The van der Waals surface area contributed by atoms with Crippen molar-refractivity contribution in [3.8, 4) is 0 Å². The van der Waals surface area contributed by atoms with Crippen molar-refractivity contribution in [2.24, 2.45) is 5.92 Å². The van der Waals surface area contributed by atoms with Crippen LogP contribution in [0.3, 0.4) is 0 Å². The molecule has 120 valence electrons. The monoisotopic (exact) mass is 297 g/mol. The third-order valence-electron chi connectivity index (χ3n) is 2.96. The average molecular weight is 297 g/mol. The maximum Gasteiger partial charge on any atom is 0.224 e. The van der Waals surface area contributed by atoms with Gasteiger partial charge in [-0.1, -0.05) is 20.8 Å². The summed E-state index contributed by atoms with van der Waals surface area (Å²) in [5, 5.41) is 6.30. The lowest BCUT2D eigenvalue weighted by atomic mass is 10.0. The van der Waals surface area contributed by atoms with Crippen molar-refractivity contribution in [3.63, 3.8) is 0 Å². The number of aromatic nitrogens is 2. The highest BCUT2D eigenvalue weighted by Crippen LogP contribution is 2.16. The zero-order valence-corrected chi connectivity index (χ0v) is 13.8. The van der Waals surface area contributed by atoms with Gasteiger partial charge in [-0.25, -0.2) is 9.37 Å². The van der Waals surface area contributed by atoms with Gasteiger partial charge in [-0.3, -0.25) is 0 Å². The Morgan fingerprint density at radius 1 is 1.33 bits per heavy atom. The Morgan fingerprint density at radius 2 is 2.05 bits per heavy atom. The van der Waals surface area contributed by atoms with E-state index in [0.29, 0.717) is 11.9 Å². The molecule has 0 saturated heterocycles. The average Bonchev–Trinajstić information content (AvgIpc) is 2.38. The SMILES string of the molecule is CCCNc1ncc(F)c(NC(CC(C)C)CN(C)C)n1. The smallest absolute Gasteiger partial charge is 0.224 e. The number of likely N-dealkylation sites (N-methyl/N-ethyl adjacent to an activating group) is 1. The van der Waals surface area contributed by atoms with Gasteiger partial charge in [-0.05, 0) is 32.9 Å². The highest BCUT2D eigenvalue weighted by molar-refractivity contribution is 5.42. The van der Waals surface area contributed by atoms with Gasteiger partial charge in [-0.15, -0.1) is 0 Å². The van der Waals surface area contributed by atoms with Crippen molar-refractivity contribution < 1.29 is 4.39 Å². The molecule has 1 aromatic rings. The Hall–Kier alpha value is -1.43. The molecule has 0 fully saturated rings. The van der Waals surface area contributed by atoms with Crippen molar-refractivity contribution in [3.05, 3.63) is 12.0 Å². The second kappa shape index (κ2) is 8.77. The summed E-state index contributed by atoms with van der Waals surface area (Å²) in [5.74, 6) is 0.861. The summed E-state index contributed by atoms with van der Waals surface area (Å²) in [4.78, 5) is 10.3. The largest absolute Gasteiger partial charge is 0.363 e. The minimum Gasteiger partial charge on any atom is -0.363 e. The zero-order chi connectivity index (χ0) is 15.8. The van der Waals surface area contributed by atoms with E-state index in [1.54, 1.807) is 0 Å². The first-order chi connectivity index (χ1) is 9.92. The van der Waals surface area contributed by atoms with E-state index in [0.717, 1.165) is 25.9 Å². The van der Waals surface area contributed by atoms with E-state index < -0.39 is 5.82 Å². The lowest BCUT2D eigenvalue weighted by Crippen LogP contribution is -2.34. The molecule has 0 aromatic carbocycles. The highest BCUT2D eigenvalue weighted by Gasteiger charge is 2.15. The third kappa shape index (κ3) is 6.71. The van der Waals surface area contributed by atoms with Crippen LogP contribution in [0.4, 0.5) is 16.2 Å². The lowest BCUT2D eigenvalue weighted by Gasteiger charge is -2.24. The summed E-state index contributed by atoms with van der Waals surface area (Å²) >= 11 is 0. The van der Waals surface area contributed by atoms with Gasteiger partial charge in [0, 0.05) is 19.1 Å². The Bertz CT molecular complexity index is 413. The molecule has 1 atom stereocenters. The number of hydrogen-bond donors (Lipinski definition) is 2. The van der Waals surface area contributed by atoms with E-state index in [-0.39, 0.29) is 11.9 Å². The number of nitrogens with zero attached hydrogens (tertiary/aromatic N) is 3. The summed E-state index contributed by atoms with van der Waals surface area (Å²) in [6, 6.07) is 0.156. The van der Waals surface area contributed by atoms with E-state index in [4.69, 9.17) is 0 Å². The quantitative estimate of drug-likeness (QED) is 0.734. The number of anilines is 2. The topological polar surface area (TPSA) is 53.1 Å². The maximum atomic E-state index is 13.9. The van der Waals surface area contributed by atoms with Gasteiger partial charge in [-0.2, -0.15) is 4.98 Å². The predicted octanol–water partition coefficient (Wildman–Crippen LogP) is 2.83. The number of halogens is 1. The molecule has 6 heteroatoms. The van der Waals surface area contributed by atoms with Crippen molar-refractivity contribution in [1.82, 2.24) is 14.9 Å². The van der Waals surface area contributed by atoms with Crippen LogP contribution in [0.1, 0.15) is 33.6 Å². The van der Waals surface area contributed by atoms with Crippen molar-refractivity contribution in [2.75, 3.05) is 37.8 Å². The molecule has 0 amide bonds. The van der Waals surface area contributed by atoms with Gasteiger partial charge < -0.3 is 15.5 Å². The Labute approximate surface area is 127 Å². The number of rotatable bonds is 9. The minimum atomic E-state index is -0.412. The molecule has 0 aliphatic carbocycles. The van der Waals surface area contributed by atoms with E-state index in [1.807, 2.05) is 14.1 Å². The van der Waals surface area contributed by atoms with Crippen molar-refractivity contribution >= 4 is 11.8 Å². The van der Waals surface area contributed by atoms with Crippen molar-refractivity contribution in [2.45, 2.75) is 39.7 Å². The fourth-order valence-electron chi connectivity index (χ4n) is 2.17. The molecule has 0 radical (unpaired) electrons. The first-order valence-electron chi connectivity index (χ1n) is 7.60. The van der Waals surface area contributed by atoms with Crippen LogP contribution >= 0.6 is 0 Å². The molecule has 0 spiro atoms. The van der Waals surface area contributed by atoms with Crippen LogP contribution in [-0.2, 0) is 0 Å². The van der Waals surface area contributed by atoms with Gasteiger partial charge in [0.05, 0.1) is 6.20 Å². The number of hydrogen-bond acceptors (Lipinski definition) is 5. The molecule has 1 unspecified atom stereocenters. The Kier molecular flexibility index (Phi) is 7.36. The van der Waals surface area contributed by atoms with Gasteiger partial charge in [0.1, 0.15) is 0 Å². The van der Waals surface area contributed by atoms with Crippen LogP contribution in [0.25, 0.3) is 0 Å². The summed E-state index contributed by atoms with van der Waals surface area (Å²) in [5.41, 5.74) is 0. The normalized spacial score (nSPS) is 12.8. The van der Waals surface area contributed by atoms with Crippen LogP contribution in [0, 0.1) is 11.7 Å². The first-order valence-corrected chi connectivity index (χ1v) is 7.60. The molecule has 0 aliphatic heterocycles. The minimum absolute atomic E-state index is 0.156. The first kappa shape index (κ1) is 17.6. The third-order valence-corrected chi connectivity index (χ3v) is 2.96. The van der Waals surface area contributed by atoms with Gasteiger partial charge >= 0.3 is 0 Å². The maximum absolute atomic E-state index is 13.9. The summed E-state index contributed by atoms with van der Waals surface area (Å²) in [6.45, 7) is 7.99. The second-order valence-electron chi connectivity index (χ2n) is 6.05. The fourth-order valence-corrected chi connectivity index (χ4v) is 2.17. The Balaban J connectivity index is 2.80. The summed E-state index contributed by atoms with van der Waals surface area (Å²) in [7, 11) is 4.03. The molecule has 1 heterocycles. The fraction of sp³-hybridized carbons (Fsp3) is 0.733. The van der Waals surface area contributed by atoms with E-state index in [2.05, 4.69) is 46.3 Å². The molecule has 21 heavy (non-hydrogen) atoms. The Morgan fingerprint density at radius 3 is 2.62 bits per heavy atom. The van der Waals surface area contributed by atoms with Gasteiger partial charge in [0.15, 0.2) is 11.6 Å². The van der Waals surface area contributed by atoms with Crippen LogP contribution < -0.4 is 10.6 Å². The highest BCUT2D eigenvalue weighted by atomic mass is 19.1. The van der Waals surface area contributed by atoms with Crippen LogP contribution in [0.5, 0.6) is 0 Å². The molecule has 5 nitrogen and oxygen atoms in total.